The average Bonchev–Trinajstić information content (AvgIpc) is 2.38. The zero-order valence-corrected chi connectivity index (χ0v) is 12.8. The van der Waals surface area contributed by atoms with Gasteiger partial charge in [0.25, 0.3) is 0 Å². The van der Waals surface area contributed by atoms with E-state index in [4.69, 9.17) is 4.74 Å². The number of nitrogens with one attached hydrogen (secondary N) is 2. The van der Waals surface area contributed by atoms with E-state index in [-0.39, 0.29) is 12.1 Å². The van der Waals surface area contributed by atoms with E-state index >= 15 is 0 Å². The highest BCUT2D eigenvalue weighted by molar-refractivity contribution is 5.67. The molecule has 5 heteroatoms. The Balaban J connectivity index is 2.31. The van der Waals surface area contributed by atoms with Crippen LogP contribution in [-0.2, 0) is 11.3 Å². The maximum atomic E-state index is 11.6. The molecule has 20 heavy (non-hydrogen) atoms. The number of aromatic nitrogens is 1. The van der Waals surface area contributed by atoms with Gasteiger partial charge in [0.15, 0.2) is 0 Å². The van der Waals surface area contributed by atoms with Crippen molar-refractivity contribution in [2.24, 2.45) is 0 Å². The highest BCUT2D eigenvalue weighted by atomic mass is 16.6. The number of rotatable bonds is 6. The Bertz CT molecular complexity index is 401. The van der Waals surface area contributed by atoms with E-state index in [0.717, 1.165) is 13.0 Å². The fraction of sp³-hybridized carbons (Fsp3) is 0.600. The summed E-state index contributed by atoms with van der Waals surface area (Å²) in [6, 6.07) is 4.16. The molecule has 0 aliphatic rings. The first-order chi connectivity index (χ1) is 9.40. The van der Waals surface area contributed by atoms with Crippen LogP contribution in [-0.4, -0.2) is 29.3 Å². The zero-order valence-electron chi connectivity index (χ0n) is 12.8. The number of hydrogen-bond acceptors (Lipinski definition) is 4. The molecule has 0 aromatic carbocycles. The molecule has 0 aliphatic carbocycles. The van der Waals surface area contributed by atoms with Gasteiger partial charge < -0.3 is 15.4 Å². The predicted molar refractivity (Wildman–Crippen MR) is 79.4 cm³/mol. The summed E-state index contributed by atoms with van der Waals surface area (Å²) in [6.07, 6.45) is 4.11. The summed E-state index contributed by atoms with van der Waals surface area (Å²) in [5.74, 6) is 0. The summed E-state index contributed by atoms with van der Waals surface area (Å²) in [5.41, 5.74) is 0.715. The van der Waals surface area contributed by atoms with Crippen molar-refractivity contribution in [1.29, 1.82) is 0 Å². The van der Waals surface area contributed by atoms with Gasteiger partial charge in [0, 0.05) is 31.5 Å². The van der Waals surface area contributed by atoms with Gasteiger partial charge in [-0.25, -0.2) is 4.79 Å². The standard InChI is InChI=1S/C15H25N3O2/c1-5-13(11-18-14(19)20-15(2,3)4)17-10-12-6-8-16-9-7-12/h6-9,13,17H,5,10-11H2,1-4H3,(H,18,19). The Kier molecular flexibility index (Phi) is 6.45. The molecule has 0 saturated carbocycles. The Morgan fingerprint density at radius 3 is 2.55 bits per heavy atom. The fourth-order valence-electron chi connectivity index (χ4n) is 1.64. The van der Waals surface area contributed by atoms with Crippen LogP contribution in [0.15, 0.2) is 24.5 Å². The Hall–Kier alpha value is -1.62. The molecule has 2 N–H and O–H groups in total. The number of carbonyl (C=O) groups excluding carboxylic acids is 1. The normalized spacial score (nSPS) is 12.8. The van der Waals surface area contributed by atoms with Gasteiger partial charge in [0.1, 0.15) is 5.60 Å². The summed E-state index contributed by atoms with van der Waals surface area (Å²) in [6.45, 7) is 8.96. The molecule has 1 amide bonds. The van der Waals surface area contributed by atoms with E-state index in [1.165, 1.54) is 5.56 Å². The average molecular weight is 279 g/mol. The van der Waals surface area contributed by atoms with Crippen LogP contribution in [0, 0.1) is 0 Å². The molecule has 0 saturated heterocycles. The summed E-state index contributed by atoms with van der Waals surface area (Å²) in [4.78, 5) is 15.6. The smallest absolute Gasteiger partial charge is 0.407 e. The second-order valence-electron chi connectivity index (χ2n) is 5.72. The number of carbonyl (C=O) groups is 1. The fourth-order valence-corrected chi connectivity index (χ4v) is 1.64. The highest BCUT2D eigenvalue weighted by Gasteiger charge is 2.16. The maximum Gasteiger partial charge on any atom is 0.407 e. The van der Waals surface area contributed by atoms with Crippen molar-refractivity contribution >= 4 is 6.09 Å². The van der Waals surface area contributed by atoms with E-state index in [1.807, 2.05) is 32.9 Å². The molecule has 0 spiro atoms. The van der Waals surface area contributed by atoms with Gasteiger partial charge in [-0.05, 0) is 44.9 Å². The SMILES string of the molecule is CCC(CNC(=O)OC(C)(C)C)NCc1ccncc1. The van der Waals surface area contributed by atoms with E-state index in [9.17, 15) is 4.79 Å². The van der Waals surface area contributed by atoms with Gasteiger partial charge in [-0.1, -0.05) is 6.92 Å². The van der Waals surface area contributed by atoms with Crippen LogP contribution in [0.1, 0.15) is 39.7 Å². The first kappa shape index (κ1) is 16.4. The topological polar surface area (TPSA) is 63.2 Å². The molecular weight excluding hydrogens is 254 g/mol. The second kappa shape index (κ2) is 7.85. The molecule has 0 aliphatic heterocycles. The molecule has 0 radical (unpaired) electrons. The van der Waals surface area contributed by atoms with Gasteiger partial charge in [-0.2, -0.15) is 0 Å². The lowest BCUT2D eigenvalue weighted by molar-refractivity contribution is 0.0522. The zero-order chi connectivity index (χ0) is 15.0. The van der Waals surface area contributed by atoms with Gasteiger partial charge in [-0.15, -0.1) is 0 Å². The predicted octanol–water partition coefficient (Wildman–Crippen LogP) is 2.47. The Labute approximate surface area is 121 Å². The lowest BCUT2D eigenvalue weighted by Gasteiger charge is -2.22. The molecule has 1 atom stereocenters. The molecule has 0 bridgehead atoms. The third-order valence-corrected chi connectivity index (χ3v) is 2.73. The summed E-state index contributed by atoms with van der Waals surface area (Å²) >= 11 is 0. The Morgan fingerprint density at radius 1 is 1.35 bits per heavy atom. The van der Waals surface area contributed by atoms with Crippen molar-refractivity contribution in [2.75, 3.05) is 6.54 Å². The first-order valence-electron chi connectivity index (χ1n) is 7.00. The molecule has 1 heterocycles. The lowest BCUT2D eigenvalue weighted by atomic mass is 10.2. The van der Waals surface area contributed by atoms with Crippen molar-refractivity contribution in [2.45, 2.75) is 52.3 Å². The number of nitrogens with zero attached hydrogens (tertiary/aromatic N) is 1. The quantitative estimate of drug-likeness (QED) is 0.839. The monoisotopic (exact) mass is 279 g/mol. The number of pyridine rings is 1. The molecule has 112 valence electrons. The van der Waals surface area contributed by atoms with Crippen LogP contribution in [0.4, 0.5) is 4.79 Å². The minimum Gasteiger partial charge on any atom is -0.444 e. The van der Waals surface area contributed by atoms with Gasteiger partial charge >= 0.3 is 6.09 Å². The van der Waals surface area contributed by atoms with Crippen LogP contribution in [0.5, 0.6) is 0 Å². The minimum absolute atomic E-state index is 0.218. The van der Waals surface area contributed by atoms with Gasteiger partial charge in [0.2, 0.25) is 0 Å². The van der Waals surface area contributed by atoms with Crippen molar-refractivity contribution in [3.05, 3.63) is 30.1 Å². The van der Waals surface area contributed by atoms with Crippen molar-refractivity contribution in [3.63, 3.8) is 0 Å². The first-order valence-corrected chi connectivity index (χ1v) is 7.00. The second-order valence-corrected chi connectivity index (χ2v) is 5.72. The molecular formula is C15H25N3O2. The highest BCUT2D eigenvalue weighted by Crippen LogP contribution is 2.06. The molecule has 1 aromatic heterocycles. The van der Waals surface area contributed by atoms with E-state index in [2.05, 4.69) is 22.5 Å². The van der Waals surface area contributed by atoms with Crippen molar-refractivity contribution < 1.29 is 9.53 Å². The van der Waals surface area contributed by atoms with Crippen molar-refractivity contribution in [3.8, 4) is 0 Å². The van der Waals surface area contributed by atoms with Crippen LogP contribution in [0.3, 0.4) is 0 Å². The van der Waals surface area contributed by atoms with E-state index in [1.54, 1.807) is 12.4 Å². The number of ether oxygens (including phenoxy) is 1. The Morgan fingerprint density at radius 2 is 2.00 bits per heavy atom. The van der Waals surface area contributed by atoms with Crippen molar-refractivity contribution in [1.82, 2.24) is 15.6 Å². The number of alkyl carbamates (subject to hydrolysis) is 1. The summed E-state index contributed by atoms with van der Waals surface area (Å²) < 4.78 is 5.21. The van der Waals surface area contributed by atoms with E-state index in [0.29, 0.717) is 6.54 Å². The largest absolute Gasteiger partial charge is 0.444 e. The van der Waals surface area contributed by atoms with Gasteiger partial charge in [-0.3, -0.25) is 4.98 Å². The third-order valence-electron chi connectivity index (χ3n) is 2.73. The maximum absolute atomic E-state index is 11.6. The van der Waals surface area contributed by atoms with Crippen LogP contribution < -0.4 is 10.6 Å². The third kappa shape index (κ3) is 7.09. The molecule has 1 unspecified atom stereocenters. The molecule has 0 fully saturated rings. The van der Waals surface area contributed by atoms with Crippen LogP contribution in [0.2, 0.25) is 0 Å². The molecule has 1 rings (SSSR count). The number of hydrogen-bond donors (Lipinski definition) is 2. The molecule has 5 nitrogen and oxygen atoms in total. The summed E-state index contributed by atoms with van der Waals surface area (Å²) in [7, 11) is 0. The van der Waals surface area contributed by atoms with Gasteiger partial charge in [0.05, 0.1) is 0 Å². The summed E-state index contributed by atoms with van der Waals surface area (Å²) in [5, 5.41) is 6.20. The lowest BCUT2D eigenvalue weighted by Crippen LogP contribution is -2.42. The van der Waals surface area contributed by atoms with Crippen LogP contribution >= 0.6 is 0 Å². The minimum atomic E-state index is -0.462. The number of amides is 1. The molecule has 1 aromatic rings. The van der Waals surface area contributed by atoms with Crippen LogP contribution in [0.25, 0.3) is 0 Å². The van der Waals surface area contributed by atoms with E-state index < -0.39 is 5.60 Å².